The second kappa shape index (κ2) is 13.8. The highest BCUT2D eigenvalue weighted by molar-refractivity contribution is 5.93. The minimum atomic E-state index is -0.486. The quantitative estimate of drug-likeness (QED) is 0.450. The van der Waals surface area contributed by atoms with Crippen molar-refractivity contribution in [1.82, 2.24) is 9.80 Å². The fourth-order valence-corrected chi connectivity index (χ4v) is 5.44. The molecule has 4 rings (SSSR count). The molecule has 1 saturated carbocycles. The molecule has 0 saturated heterocycles. The number of carbonyl (C=O) groups excluding carboxylic acids is 3. The molecule has 0 radical (unpaired) electrons. The van der Waals surface area contributed by atoms with Crippen molar-refractivity contribution in [2.24, 2.45) is 11.8 Å². The number of carbonyl (C=O) groups is 3. The van der Waals surface area contributed by atoms with E-state index in [1.54, 1.807) is 37.1 Å². The van der Waals surface area contributed by atoms with Gasteiger partial charge in [0.15, 0.2) is 0 Å². The largest absolute Gasteiger partial charge is 0.488 e. The van der Waals surface area contributed by atoms with E-state index in [0.29, 0.717) is 29.2 Å². The molecule has 0 bridgehead atoms. The van der Waals surface area contributed by atoms with Crippen LogP contribution in [0, 0.1) is 17.7 Å². The number of amides is 4. The van der Waals surface area contributed by atoms with Crippen LogP contribution in [0.2, 0.25) is 0 Å². The zero-order valence-corrected chi connectivity index (χ0v) is 24.1. The lowest BCUT2D eigenvalue weighted by atomic mass is 9.88. The van der Waals surface area contributed by atoms with Gasteiger partial charge in [0.05, 0.1) is 25.6 Å². The van der Waals surface area contributed by atoms with Crippen LogP contribution in [0.3, 0.4) is 0 Å². The highest BCUT2D eigenvalue weighted by Crippen LogP contribution is 2.30. The number of rotatable bonds is 7. The van der Waals surface area contributed by atoms with Crippen molar-refractivity contribution in [3.8, 4) is 5.75 Å². The van der Waals surface area contributed by atoms with Crippen molar-refractivity contribution in [2.45, 2.75) is 64.5 Å². The summed E-state index contributed by atoms with van der Waals surface area (Å²) in [6, 6.07) is 10.1. The van der Waals surface area contributed by atoms with Gasteiger partial charge in [-0.3, -0.25) is 9.59 Å². The molecular weight excluding hydrogens is 527 g/mol. The molecule has 1 heterocycles. The Kier molecular flexibility index (Phi) is 10.2. The predicted molar refractivity (Wildman–Crippen MR) is 155 cm³/mol. The number of nitrogens with zero attached hydrogens (tertiary/aromatic N) is 2. The summed E-state index contributed by atoms with van der Waals surface area (Å²) in [5.41, 5.74) is 1.70. The number of aliphatic hydroxyl groups excluding tert-OH is 1. The summed E-state index contributed by atoms with van der Waals surface area (Å²) in [5.74, 6) is -0.231. The van der Waals surface area contributed by atoms with E-state index < -0.39 is 18.0 Å². The van der Waals surface area contributed by atoms with Gasteiger partial charge in [-0.1, -0.05) is 26.2 Å². The van der Waals surface area contributed by atoms with E-state index in [4.69, 9.17) is 4.74 Å². The Morgan fingerprint density at radius 3 is 2.46 bits per heavy atom. The molecule has 1 fully saturated rings. The van der Waals surface area contributed by atoms with E-state index in [2.05, 4.69) is 10.6 Å². The van der Waals surface area contributed by atoms with Crippen molar-refractivity contribution < 1.29 is 28.6 Å². The van der Waals surface area contributed by atoms with E-state index >= 15 is 0 Å². The molecular formula is C31H41FN4O5. The average Bonchev–Trinajstić information content (AvgIpc) is 3.01. The molecule has 4 amide bonds. The fraction of sp³-hybridized carbons (Fsp3) is 0.516. The van der Waals surface area contributed by atoms with Gasteiger partial charge in [-0.15, -0.1) is 0 Å². The number of likely N-dealkylation sites (N-methyl/N-ethyl adjacent to an activating group) is 1. The van der Waals surface area contributed by atoms with E-state index in [9.17, 15) is 23.9 Å². The normalized spacial score (nSPS) is 20.5. The Balaban J connectivity index is 1.55. The molecule has 0 unspecified atom stereocenters. The number of aliphatic hydroxyl groups is 1. The van der Waals surface area contributed by atoms with Gasteiger partial charge in [0.2, 0.25) is 11.8 Å². The van der Waals surface area contributed by atoms with Crippen molar-refractivity contribution in [1.29, 1.82) is 0 Å². The zero-order valence-electron chi connectivity index (χ0n) is 24.1. The predicted octanol–water partition coefficient (Wildman–Crippen LogP) is 4.66. The van der Waals surface area contributed by atoms with Crippen LogP contribution in [0.25, 0.3) is 0 Å². The minimum absolute atomic E-state index is 0.00391. The van der Waals surface area contributed by atoms with E-state index in [-0.39, 0.29) is 49.3 Å². The zero-order chi connectivity index (χ0) is 29.5. The van der Waals surface area contributed by atoms with E-state index in [0.717, 1.165) is 32.1 Å². The minimum Gasteiger partial charge on any atom is -0.488 e. The van der Waals surface area contributed by atoms with Crippen molar-refractivity contribution in [3.63, 3.8) is 0 Å². The maximum atomic E-state index is 13.4. The number of urea groups is 1. The molecule has 2 aromatic rings. The lowest BCUT2D eigenvalue weighted by Gasteiger charge is -2.34. The topological polar surface area (TPSA) is 111 Å². The summed E-state index contributed by atoms with van der Waals surface area (Å²) in [7, 11) is 1.64. The molecule has 3 N–H and O–H groups in total. The maximum absolute atomic E-state index is 13.4. The highest BCUT2D eigenvalue weighted by atomic mass is 19.1. The number of anilines is 2. The number of fused-ring (bicyclic) bond motifs is 1. The molecule has 1 aliphatic carbocycles. The Labute approximate surface area is 241 Å². The van der Waals surface area contributed by atoms with Crippen LogP contribution < -0.4 is 15.4 Å². The van der Waals surface area contributed by atoms with Gasteiger partial charge < -0.3 is 30.3 Å². The number of ether oxygens (including phenoxy) is 1. The van der Waals surface area contributed by atoms with Gasteiger partial charge >= 0.3 is 6.03 Å². The van der Waals surface area contributed by atoms with Crippen molar-refractivity contribution in [2.75, 3.05) is 37.4 Å². The molecule has 0 spiro atoms. The Bertz CT molecular complexity index is 1220. The first-order valence-corrected chi connectivity index (χ1v) is 14.4. The first-order chi connectivity index (χ1) is 19.6. The third kappa shape index (κ3) is 7.97. The van der Waals surface area contributed by atoms with Crippen molar-refractivity contribution in [3.05, 3.63) is 53.8 Å². The van der Waals surface area contributed by atoms with Crippen LogP contribution in [0.4, 0.5) is 20.6 Å². The van der Waals surface area contributed by atoms with Gasteiger partial charge in [0.1, 0.15) is 17.7 Å². The molecule has 10 heteroatoms. The standard InChI is InChI=1S/C31H41FN4O5/c1-20-17-36(21(2)19-37)29(38)16-23-15-26(33-30(39)22-7-5-4-6-8-22)13-14-27(23)41-28(20)18-35(3)31(40)34-25-11-9-24(32)10-12-25/h9-15,20-22,28,37H,4-8,16-19H2,1-3H3,(H,33,39)(H,34,40)/t20-,21-,28-/m0/s1. The second-order valence-electron chi connectivity index (χ2n) is 11.4. The number of nitrogens with one attached hydrogen (secondary N) is 2. The number of hydrogen-bond acceptors (Lipinski definition) is 5. The fourth-order valence-electron chi connectivity index (χ4n) is 5.44. The maximum Gasteiger partial charge on any atom is 0.321 e. The number of halogens is 1. The summed E-state index contributed by atoms with van der Waals surface area (Å²) in [6.45, 7) is 4.10. The summed E-state index contributed by atoms with van der Waals surface area (Å²) in [5, 5.41) is 15.6. The molecule has 9 nitrogen and oxygen atoms in total. The summed E-state index contributed by atoms with van der Waals surface area (Å²) >= 11 is 0. The van der Waals surface area contributed by atoms with Crippen LogP contribution in [0.1, 0.15) is 51.5 Å². The Morgan fingerprint density at radius 1 is 1.10 bits per heavy atom. The van der Waals surface area contributed by atoms with Crippen LogP contribution in [0.5, 0.6) is 5.75 Å². The molecule has 3 atom stereocenters. The molecule has 2 aromatic carbocycles. The van der Waals surface area contributed by atoms with Crippen LogP contribution in [-0.2, 0) is 16.0 Å². The first-order valence-electron chi connectivity index (χ1n) is 14.4. The molecule has 1 aliphatic heterocycles. The van der Waals surface area contributed by atoms with E-state index in [1.807, 2.05) is 6.92 Å². The summed E-state index contributed by atoms with van der Waals surface area (Å²) in [4.78, 5) is 42.4. The van der Waals surface area contributed by atoms with Crippen LogP contribution in [0.15, 0.2) is 42.5 Å². The van der Waals surface area contributed by atoms with Crippen LogP contribution in [-0.4, -0.2) is 71.6 Å². The van der Waals surface area contributed by atoms with Gasteiger partial charge in [-0.2, -0.15) is 0 Å². The monoisotopic (exact) mass is 568 g/mol. The third-order valence-corrected chi connectivity index (χ3v) is 8.06. The number of benzene rings is 2. The molecule has 222 valence electrons. The Hall–Kier alpha value is -3.66. The molecule has 41 heavy (non-hydrogen) atoms. The first kappa shape index (κ1) is 30.3. The smallest absolute Gasteiger partial charge is 0.321 e. The van der Waals surface area contributed by atoms with Crippen LogP contribution >= 0.6 is 0 Å². The lowest BCUT2D eigenvalue weighted by molar-refractivity contribution is -0.134. The Morgan fingerprint density at radius 2 is 1.78 bits per heavy atom. The average molecular weight is 569 g/mol. The van der Waals surface area contributed by atoms with Gasteiger partial charge in [-0.05, 0) is 62.2 Å². The third-order valence-electron chi connectivity index (χ3n) is 8.06. The van der Waals surface area contributed by atoms with Crippen molar-refractivity contribution >= 4 is 29.2 Å². The molecule has 2 aliphatic rings. The van der Waals surface area contributed by atoms with Gasteiger partial charge in [0, 0.05) is 42.4 Å². The lowest BCUT2D eigenvalue weighted by Crippen LogP contribution is -2.48. The van der Waals surface area contributed by atoms with E-state index in [1.165, 1.54) is 29.2 Å². The van der Waals surface area contributed by atoms with Gasteiger partial charge in [0.25, 0.3) is 0 Å². The van der Waals surface area contributed by atoms with Gasteiger partial charge in [-0.25, -0.2) is 9.18 Å². The SMILES string of the molecule is C[C@H]1CN([C@@H](C)CO)C(=O)Cc2cc(NC(=O)C3CCCCC3)ccc2O[C@H]1CN(C)C(=O)Nc1ccc(F)cc1. The molecule has 0 aromatic heterocycles. The summed E-state index contributed by atoms with van der Waals surface area (Å²) in [6.07, 6.45) is 4.60. The highest BCUT2D eigenvalue weighted by Gasteiger charge is 2.32. The number of hydrogen-bond donors (Lipinski definition) is 3. The summed E-state index contributed by atoms with van der Waals surface area (Å²) < 4.78 is 19.7. The second-order valence-corrected chi connectivity index (χ2v) is 11.4.